The van der Waals surface area contributed by atoms with Crippen LogP contribution in [0.15, 0.2) is 12.7 Å². The van der Waals surface area contributed by atoms with Gasteiger partial charge in [0.1, 0.15) is 5.41 Å². The summed E-state index contributed by atoms with van der Waals surface area (Å²) in [7, 11) is 0. The Kier molecular flexibility index (Phi) is 5.30. The molecule has 0 aromatic carbocycles. The molecule has 3 amide bonds. The summed E-state index contributed by atoms with van der Waals surface area (Å²) < 4.78 is 0. The number of hydrogen-bond acceptors (Lipinski definition) is 3. The summed E-state index contributed by atoms with van der Waals surface area (Å²) in [4.78, 5) is 39.0. The van der Waals surface area contributed by atoms with Crippen molar-refractivity contribution in [3.63, 3.8) is 0 Å². The predicted octanol–water partition coefficient (Wildman–Crippen LogP) is 0.00550. The van der Waals surface area contributed by atoms with E-state index in [-0.39, 0.29) is 17.7 Å². The quantitative estimate of drug-likeness (QED) is 0.583. The van der Waals surface area contributed by atoms with Crippen LogP contribution in [0.3, 0.4) is 0 Å². The molecule has 0 radical (unpaired) electrons. The van der Waals surface area contributed by atoms with Crippen molar-refractivity contribution in [3.8, 4) is 0 Å². The lowest BCUT2D eigenvalue weighted by molar-refractivity contribution is -0.151. The number of piperazine rings is 1. The second-order valence-electron chi connectivity index (χ2n) is 5.42. The standard InChI is InChI=1S/C14H23N3O3/c1-5-6-15-12(19)14(3,4)13(20)17-9-7-16(8-10-17)11(2)18/h5H,1,6-10H2,2-4H3,(H,15,19). The van der Waals surface area contributed by atoms with Crippen molar-refractivity contribution < 1.29 is 14.4 Å². The van der Waals surface area contributed by atoms with Gasteiger partial charge in [0.2, 0.25) is 17.7 Å². The maximum absolute atomic E-state index is 12.4. The van der Waals surface area contributed by atoms with Crippen LogP contribution in [0, 0.1) is 5.41 Å². The second-order valence-corrected chi connectivity index (χ2v) is 5.42. The molecule has 6 nitrogen and oxygen atoms in total. The molecule has 0 unspecified atom stereocenters. The van der Waals surface area contributed by atoms with Crippen molar-refractivity contribution in [2.24, 2.45) is 5.41 Å². The zero-order valence-corrected chi connectivity index (χ0v) is 12.4. The Hall–Kier alpha value is -1.85. The fourth-order valence-electron chi connectivity index (χ4n) is 2.10. The summed E-state index contributed by atoms with van der Waals surface area (Å²) in [6.07, 6.45) is 1.57. The summed E-state index contributed by atoms with van der Waals surface area (Å²) in [5.74, 6) is -0.501. The highest BCUT2D eigenvalue weighted by Gasteiger charge is 2.39. The van der Waals surface area contributed by atoms with Crippen molar-refractivity contribution in [1.29, 1.82) is 0 Å². The summed E-state index contributed by atoms with van der Waals surface area (Å²) in [6, 6.07) is 0. The van der Waals surface area contributed by atoms with Gasteiger partial charge in [-0.25, -0.2) is 0 Å². The van der Waals surface area contributed by atoms with Crippen LogP contribution in [-0.2, 0) is 14.4 Å². The van der Waals surface area contributed by atoms with Crippen LogP contribution in [0.4, 0.5) is 0 Å². The molecule has 20 heavy (non-hydrogen) atoms. The van der Waals surface area contributed by atoms with Crippen LogP contribution in [0.25, 0.3) is 0 Å². The minimum Gasteiger partial charge on any atom is -0.352 e. The number of rotatable bonds is 4. The van der Waals surface area contributed by atoms with Crippen molar-refractivity contribution in [2.45, 2.75) is 20.8 Å². The molecule has 6 heteroatoms. The Labute approximate surface area is 119 Å². The van der Waals surface area contributed by atoms with Crippen molar-refractivity contribution in [1.82, 2.24) is 15.1 Å². The van der Waals surface area contributed by atoms with Gasteiger partial charge < -0.3 is 15.1 Å². The van der Waals surface area contributed by atoms with E-state index in [2.05, 4.69) is 11.9 Å². The average Bonchev–Trinajstić information content (AvgIpc) is 2.43. The van der Waals surface area contributed by atoms with E-state index in [0.717, 1.165) is 0 Å². The molecule has 1 fully saturated rings. The topological polar surface area (TPSA) is 69.7 Å². The van der Waals surface area contributed by atoms with Gasteiger partial charge in [-0.2, -0.15) is 0 Å². The Morgan fingerprint density at radius 2 is 1.65 bits per heavy atom. The van der Waals surface area contributed by atoms with E-state index in [1.807, 2.05) is 0 Å². The van der Waals surface area contributed by atoms with Gasteiger partial charge >= 0.3 is 0 Å². The maximum atomic E-state index is 12.4. The highest BCUT2D eigenvalue weighted by molar-refractivity contribution is 6.04. The lowest BCUT2D eigenvalue weighted by Gasteiger charge is -2.37. The molecule has 1 aliphatic rings. The number of hydrogen-bond donors (Lipinski definition) is 1. The molecule has 0 aromatic rings. The number of nitrogens with zero attached hydrogens (tertiary/aromatic N) is 2. The minimum atomic E-state index is -1.11. The van der Waals surface area contributed by atoms with E-state index < -0.39 is 5.41 Å². The van der Waals surface area contributed by atoms with Gasteiger partial charge in [0.15, 0.2) is 0 Å². The van der Waals surface area contributed by atoms with Crippen LogP contribution >= 0.6 is 0 Å². The minimum absolute atomic E-state index is 0.0140. The molecule has 0 saturated carbocycles. The van der Waals surface area contributed by atoms with Crippen LogP contribution in [0.1, 0.15) is 20.8 Å². The Morgan fingerprint density at radius 3 is 2.10 bits per heavy atom. The van der Waals surface area contributed by atoms with Gasteiger partial charge in [-0.1, -0.05) is 6.08 Å². The van der Waals surface area contributed by atoms with Gasteiger partial charge in [-0.05, 0) is 13.8 Å². The van der Waals surface area contributed by atoms with Gasteiger partial charge in [0.25, 0.3) is 0 Å². The van der Waals surface area contributed by atoms with Crippen LogP contribution in [0.5, 0.6) is 0 Å². The van der Waals surface area contributed by atoms with Crippen LogP contribution in [0.2, 0.25) is 0 Å². The third-order valence-electron chi connectivity index (χ3n) is 3.52. The third kappa shape index (κ3) is 3.59. The van der Waals surface area contributed by atoms with E-state index in [9.17, 15) is 14.4 Å². The van der Waals surface area contributed by atoms with Gasteiger partial charge in [-0.3, -0.25) is 14.4 Å². The largest absolute Gasteiger partial charge is 0.352 e. The lowest BCUT2D eigenvalue weighted by atomic mass is 9.90. The predicted molar refractivity (Wildman–Crippen MR) is 75.8 cm³/mol. The van der Waals surface area contributed by atoms with E-state index >= 15 is 0 Å². The Bertz CT molecular complexity index is 410. The zero-order valence-electron chi connectivity index (χ0n) is 12.4. The molecule has 1 N–H and O–H groups in total. The summed E-state index contributed by atoms with van der Waals surface area (Å²) in [6.45, 7) is 10.6. The Morgan fingerprint density at radius 1 is 1.15 bits per heavy atom. The first-order valence-corrected chi connectivity index (χ1v) is 6.74. The molecule has 0 atom stereocenters. The first-order chi connectivity index (χ1) is 9.30. The SMILES string of the molecule is C=CCNC(=O)C(C)(C)C(=O)N1CCN(C(C)=O)CC1. The first-order valence-electron chi connectivity index (χ1n) is 6.74. The second kappa shape index (κ2) is 6.54. The van der Waals surface area contributed by atoms with E-state index in [1.165, 1.54) is 6.92 Å². The third-order valence-corrected chi connectivity index (χ3v) is 3.52. The van der Waals surface area contributed by atoms with E-state index in [4.69, 9.17) is 0 Å². The van der Waals surface area contributed by atoms with Crippen molar-refractivity contribution in [2.75, 3.05) is 32.7 Å². The van der Waals surface area contributed by atoms with Crippen molar-refractivity contribution in [3.05, 3.63) is 12.7 Å². The smallest absolute Gasteiger partial charge is 0.237 e. The fraction of sp³-hybridized carbons (Fsp3) is 0.643. The molecular weight excluding hydrogens is 258 g/mol. The maximum Gasteiger partial charge on any atom is 0.237 e. The van der Waals surface area contributed by atoms with Gasteiger partial charge in [0.05, 0.1) is 0 Å². The molecule has 0 aromatic heterocycles. The highest BCUT2D eigenvalue weighted by Crippen LogP contribution is 2.20. The molecule has 1 aliphatic heterocycles. The van der Waals surface area contributed by atoms with Gasteiger partial charge in [0, 0.05) is 39.6 Å². The average molecular weight is 281 g/mol. The fourth-order valence-corrected chi connectivity index (χ4v) is 2.10. The highest BCUT2D eigenvalue weighted by atomic mass is 16.2. The monoisotopic (exact) mass is 281 g/mol. The Balaban J connectivity index is 2.63. The summed E-state index contributed by atoms with van der Waals surface area (Å²) >= 11 is 0. The molecular formula is C14H23N3O3. The summed E-state index contributed by atoms with van der Waals surface area (Å²) in [5.41, 5.74) is -1.11. The van der Waals surface area contributed by atoms with Crippen molar-refractivity contribution >= 4 is 17.7 Å². The molecule has 112 valence electrons. The molecule has 1 rings (SSSR count). The first kappa shape index (κ1) is 16.2. The molecule has 0 bridgehead atoms. The van der Waals surface area contributed by atoms with E-state index in [0.29, 0.717) is 32.7 Å². The molecule has 1 heterocycles. The van der Waals surface area contributed by atoms with Gasteiger partial charge in [-0.15, -0.1) is 6.58 Å². The number of carbonyl (C=O) groups is 3. The lowest BCUT2D eigenvalue weighted by Crippen LogP contribution is -2.56. The van der Waals surface area contributed by atoms with Crippen LogP contribution < -0.4 is 5.32 Å². The molecule has 0 spiro atoms. The number of amides is 3. The summed E-state index contributed by atoms with van der Waals surface area (Å²) in [5, 5.41) is 2.65. The number of nitrogens with one attached hydrogen (secondary N) is 1. The number of carbonyl (C=O) groups excluding carboxylic acids is 3. The molecule has 0 aliphatic carbocycles. The zero-order chi connectivity index (χ0) is 15.3. The van der Waals surface area contributed by atoms with E-state index in [1.54, 1.807) is 29.7 Å². The molecule has 1 saturated heterocycles. The normalized spacial score (nSPS) is 15.8. The van der Waals surface area contributed by atoms with Crippen LogP contribution in [-0.4, -0.2) is 60.2 Å².